The number of hydrogen-bond acceptors (Lipinski definition) is 5. The number of rotatable bonds is 51. The van der Waals surface area contributed by atoms with Crippen LogP contribution in [0.15, 0.2) is 12.2 Å². The van der Waals surface area contributed by atoms with Gasteiger partial charge in [-0.1, -0.05) is 251 Å². The number of nitrogens with one attached hydrogen (secondary N) is 1. The molecule has 0 bridgehead atoms. The van der Waals surface area contributed by atoms with Gasteiger partial charge in [-0.05, 0) is 51.4 Å². The molecule has 6 heteroatoms. The summed E-state index contributed by atoms with van der Waals surface area (Å²) in [4.78, 5) is 24.5. The molecule has 0 spiro atoms. The zero-order valence-electron chi connectivity index (χ0n) is 41.2. The van der Waals surface area contributed by atoms with E-state index in [0.717, 1.165) is 51.4 Å². The quantitative estimate of drug-likeness (QED) is 0.0322. The number of esters is 1. The van der Waals surface area contributed by atoms with Crippen molar-refractivity contribution in [2.24, 2.45) is 0 Å². The zero-order valence-corrected chi connectivity index (χ0v) is 41.2. The summed E-state index contributed by atoms with van der Waals surface area (Å²) in [5.74, 6) is -0.0544. The summed E-state index contributed by atoms with van der Waals surface area (Å²) in [7, 11) is 0. The lowest BCUT2D eigenvalue weighted by atomic mass is 10.0. The molecule has 0 aliphatic rings. The predicted octanol–water partition coefficient (Wildman–Crippen LogP) is 16.5. The van der Waals surface area contributed by atoms with E-state index in [9.17, 15) is 19.8 Å². The zero-order chi connectivity index (χ0) is 44.4. The van der Waals surface area contributed by atoms with Crippen molar-refractivity contribution in [3.05, 3.63) is 12.2 Å². The first-order chi connectivity index (χ1) is 30.0. The van der Waals surface area contributed by atoms with Gasteiger partial charge in [-0.25, -0.2) is 0 Å². The number of allylic oxidation sites excluding steroid dienone is 2. The molecule has 0 aliphatic heterocycles. The molecule has 0 heterocycles. The summed E-state index contributed by atoms with van der Waals surface area (Å²) in [6, 6.07) is -0.549. The molecule has 0 aromatic carbocycles. The average molecular weight is 862 g/mol. The van der Waals surface area contributed by atoms with Gasteiger partial charge in [0.05, 0.1) is 25.4 Å². The number of unbranched alkanes of at least 4 members (excludes halogenated alkanes) is 38. The van der Waals surface area contributed by atoms with Crippen LogP contribution in [-0.4, -0.2) is 47.4 Å². The molecule has 0 fully saturated rings. The van der Waals surface area contributed by atoms with E-state index in [-0.39, 0.29) is 18.5 Å². The number of aliphatic hydroxyl groups excluding tert-OH is 2. The molecule has 2 atom stereocenters. The SMILES string of the molecule is CCCCCC/C=C\CCCCCCCC(=O)OCCCCCCCCCCCCCCCCC(=O)NC(CO)C(O)CCCCCCCCCCCCCCCCCCC. The van der Waals surface area contributed by atoms with Gasteiger partial charge in [-0.15, -0.1) is 0 Å². The van der Waals surface area contributed by atoms with Gasteiger partial charge in [0.25, 0.3) is 0 Å². The molecule has 0 rings (SSSR count). The topological polar surface area (TPSA) is 95.9 Å². The Morgan fingerprint density at radius 3 is 1.18 bits per heavy atom. The summed E-state index contributed by atoms with van der Waals surface area (Å²) < 4.78 is 5.46. The van der Waals surface area contributed by atoms with Gasteiger partial charge in [-0.3, -0.25) is 9.59 Å². The molecule has 6 nitrogen and oxygen atoms in total. The normalized spacial score (nSPS) is 12.7. The maximum Gasteiger partial charge on any atom is 0.305 e. The first-order valence-electron chi connectivity index (χ1n) is 27.4. The van der Waals surface area contributed by atoms with Crippen molar-refractivity contribution in [1.82, 2.24) is 5.32 Å². The molecule has 0 radical (unpaired) electrons. The van der Waals surface area contributed by atoms with Crippen LogP contribution in [0, 0.1) is 0 Å². The standard InChI is InChI=1S/C55H107NO5/c1-3-5-7-9-11-13-15-17-18-19-20-24-27-31-35-39-43-47-53(58)52(51-57)56-54(59)48-44-40-36-32-28-25-21-22-26-30-34-38-42-46-50-61-55(60)49-45-41-37-33-29-23-16-14-12-10-8-6-4-2/h14,16,52-53,57-58H,3-13,15,17-51H2,1-2H3,(H,56,59)/b16-14-. The molecule has 0 aliphatic carbocycles. The van der Waals surface area contributed by atoms with Crippen molar-refractivity contribution in [2.45, 2.75) is 315 Å². The maximum absolute atomic E-state index is 12.5. The van der Waals surface area contributed by atoms with E-state index in [1.165, 1.54) is 218 Å². The van der Waals surface area contributed by atoms with Crippen LogP contribution in [0.3, 0.4) is 0 Å². The number of carbonyl (C=O) groups is 2. The average Bonchev–Trinajstić information content (AvgIpc) is 3.26. The van der Waals surface area contributed by atoms with Crippen molar-refractivity contribution in [1.29, 1.82) is 0 Å². The Balaban J connectivity index is 3.44. The highest BCUT2D eigenvalue weighted by molar-refractivity contribution is 5.76. The van der Waals surface area contributed by atoms with E-state index in [0.29, 0.717) is 25.9 Å². The Kier molecular flexibility index (Phi) is 50.1. The third-order valence-electron chi connectivity index (χ3n) is 12.8. The van der Waals surface area contributed by atoms with E-state index < -0.39 is 12.1 Å². The van der Waals surface area contributed by atoms with E-state index in [1.807, 2.05) is 0 Å². The fraction of sp³-hybridized carbons (Fsp3) is 0.927. The third-order valence-corrected chi connectivity index (χ3v) is 12.8. The lowest BCUT2D eigenvalue weighted by molar-refractivity contribution is -0.143. The lowest BCUT2D eigenvalue weighted by Gasteiger charge is -2.22. The van der Waals surface area contributed by atoms with E-state index >= 15 is 0 Å². The predicted molar refractivity (Wildman–Crippen MR) is 264 cm³/mol. The summed E-state index contributed by atoms with van der Waals surface area (Å²) in [5.41, 5.74) is 0. The fourth-order valence-electron chi connectivity index (χ4n) is 8.58. The van der Waals surface area contributed by atoms with Gasteiger partial charge in [-0.2, -0.15) is 0 Å². The number of aliphatic hydroxyl groups is 2. The second-order valence-electron chi connectivity index (χ2n) is 18.9. The van der Waals surface area contributed by atoms with Crippen molar-refractivity contribution in [2.75, 3.05) is 13.2 Å². The molecular formula is C55H107NO5. The molecular weight excluding hydrogens is 755 g/mol. The molecule has 61 heavy (non-hydrogen) atoms. The van der Waals surface area contributed by atoms with Gasteiger partial charge in [0.2, 0.25) is 5.91 Å². The van der Waals surface area contributed by atoms with Crippen molar-refractivity contribution in [3.8, 4) is 0 Å². The van der Waals surface area contributed by atoms with Gasteiger partial charge in [0.15, 0.2) is 0 Å². The van der Waals surface area contributed by atoms with Crippen LogP contribution in [0.1, 0.15) is 303 Å². The van der Waals surface area contributed by atoms with Crippen LogP contribution in [0.5, 0.6) is 0 Å². The molecule has 0 aromatic rings. The van der Waals surface area contributed by atoms with E-state index in [2.05, 4.69) is 31.3 Å². The molecule has 2 unspecified atom stereocenters. The molecule has 362 valence electrons. The number of ether oxygens (including phenoxy) is 1. The van der Waals surface area contributed by atoms with Crippen molar-refractivity contribution < 1.29 is 24.5 Å². The van der Waals surface area contributed by atoms with Crippen LogP contribution in [0.4, 0.5) is 0 Å². The largest absolute Gasteiger partial charge is 0.466 e. The molecule has 0 aromatic heterocycles. The van der Waals surface area contributed by atoms with Gasteiger partial charge < -0.3 is 20.3 Å². The van der Waals surface area contributed by atoms with E-state index in [1.54, 1.807) is 0 Å². The highest BCUT2D eigenvalue weighted by atomic mass is 16.5. The number of amides is 1. The van der Waals surface area contributed by atoms with Crippen molar-refractivity contribution >= 4 is 11.9 Å². The fourth-order valence-corrected chi connectivity index (χ4v) is 8.58. The molecule has 1 amide bonds. The smallest absolute Gasteiger partial charge is 0.305 e. The van der Waals surface area contributed by atoms with E-state index in [4.69, 9.17) is 4.74 Å². The summed E-state index contributed by atoms with van der Waals surface area (Å²) in [6.07, 6.45) is 59.0. The Bertz CT molecular complexity index is 909. The second kappa shape index (κ2) is 51.2. The van der Waals surface area contributed by atoms with Crippen LogP contribution in [-0.2, 0) is 14.3 Å². The maximum atomic E-state index is 12.5. The Morgan fingerprint density at radius 2 is 0.770 bits per heavy atom. The van der Waals surface area contributed by atoms with Gasteiger partial charge in [0.1, 0.15) is 0 Å². The second-order valence-corrected chi connectivity index (χ2v) is 18.9. The van der Waals surface area contributed by atoms with Crippen molar-refractivity contribution in [3.63, 3.8) is 0 Å². The van der Waals surface area contributed by atoms with Crippen LogP contribution in [0.2, 0.25) is 0 Å². The van der Waals surface area contributed by atoms with Crippen LogP contribution >= 0.6 is 0 Å². The summed E-state index contributed by atoms with van der Waals surface area (Å²) >= 11 is 0. The molecule has 0 saturated carbocycles. The monoisotopic (exact) mass is 862 g/mol. The summed E-state index contributed by atoms with van der Waals surface area (Å²) in [6.45, 7) is 4.93. The first-order valence-corrected chi connectivity index (χ1v) is 27.4. The third kappa shape index (κ3) is 47.9. The summed E-state index contributed by atoms with van der Waals surface area (Å²) in [5, 5.41) is 23.3. The Hall–Kier alpha value is -1.40. The highest BCUT2D eigenvalue weighted by Gasteiger charge is 2.20. The first kappa shape index (κ1) is 59.6. The minimum Gasteiger partial charge on any atom is -0.466 e. The lowest BCUT2D eigenvalue weighted by Crippen LogP contribution is -2.45. The minimum absolute atomic E-state index is 0.0108. The molecule has 0 saturated heterocycles. The van der Waals surface area contributed by atoms with Gasteiger partial charge >= 0.3 is 5.97 Å². The van der Waals surface area contributed by atoms with Gasteiger partial charge in [0, 0.05) is 12.8 Å². The van der Waals surface area contributed by atoms with Crippen LogP contribution < -0.4 is 5.32 Å². The Morgan fingerprint density at radius 1 is 0.443 bits per heavy atom. The Labute approximate surface area is 380 Å². The molecule has 3 N–H and O–H groups in total. The number of carbonyl (C=O) groups excluding carboxylic acids is 2. The minimum atomic E-state index is -0.671. The van der Waals surface area contributed by atoms with Crippen LogP contribution in [0.25, 0.3) is 0 Å². The highest BCUT2D eigenvalue weighted by Crippen LogP contribution is 2.17. The number of hydrogen-bond donors (Lipinski definition) is 3.